The first kappa shape index (κ1) is 15.6. The first-order chi connectivity index (χ1) is 9.97. The van der Waals surface area contributed by atoms with Gasteiger partial charge < -0.3 is 5.32 Å². The number of carbonyl (C=O) groups is 1. The van der Waals surface area contributed by atoms with Gasteiger partial charge in [0.25, 0.3) is 5.91 Å². The molecule has 1 N–H and O–H groups in total. The second-order valence-corrected chi connectivity index (χ2v) is 6.73. The molecule has 0 aromatic carbocycles. The molecule has 4 nitrogen and oxygen atoms in total. The molecular weight excluding hydrogens is 282 g/mol. The zero-order chi connectivity index (χ0) is 15.4. The summed E-state index contributed by atoms with van der Waals surface area (Å²) in [6.07, 6.45) is 2.63. The Kier molecular flexibility index (Phi) is 5.07. The van der Waals surface area contributed by atoms with E-state index in [1.807, 2.05) is 32.2 Å². The van der Waals surface area contributed by atoms with Gasteiger partial charge in [-0.25, -0.2) is 4.98 Å². The molecule has 0 saturated heterocycles. The van der Waals surface area contributed by atoms with Crippen LogP contribution in [-0.2, 0) is 6.42 Å². The van der Waals surface area contributed by atoms with Crippen LogP contribution in [0.25, 0.3) is 0 Å². The number of nitrogens with zero attached hydrogens (tertiary/aromatic N) is 2. The van der Waals surface area contributed by atoms with Crippen LogP contribution in [0, 0.1) is 13.8 Å². The normalized spacial score (nSPS) is 10.9. The Balaban J connectivity index is 2.00. The fraction of sp³-hybridized carbons (Fsp3) is 0.438. The Morgan fingerprint density at radius 3 is 2.71 bits per heavy atom. The number of aryl methyl sites for hydroxylation is 2. The van der Waals surface area contributed by atoms with Gasteiger partial charge in [-0.1, -0.05) is 13.8 Å². The van der Waals surface area contributed by atoms with Crippen molar-refractivity contribution >= 4 is 17.2 Å². The van der Waals surface area contributed by atoms with Gasteiger partial charge in [0.1, 0.15) is 0 Å². The molecule has 2 aromatic heterocycles. The summed E-state index contributed by atoms with van der Waals surface area (Å²) in [6.45, 7) is 8.68. The lowest BCUT2D eigenvalue weighted by atomic mass is 10.0. The minimum Gasteiger partial charge on any atom is -0.352 e. The van der Waals surface area contributed by atoms with Crippen molar-refractivity contribution in [2.45, 2.75) is 40.0 Å². The molecule has 2 aromatic rings. The van der Waals surface area contributed by atoms with Crippen LogP contribution < -0.4 is 5.32 Å². The van der Waals surface area contributed by atoms with Crippen LogP contribution in [0.5, 0.6) is 0 Å². The van der Waals surface area contributed by atoms with Gasteiger partial charge in [-0.05, 0) is 31.9 Å². The highest BCUT2D eigenvalue weighted by Gasteiger charge is 2.15. The maximum absolute atomic E-state index is 12.3. The molecule has 0 unspecified atom stereocenters. The molecule has 5 heteroatoms. The highest BCUT2D eigenvalue weighted by Crippen LogP contribution is 2.18. The highest BCUT2D eigenvalue weighted by atomic mass is 32.1. The van der Waals surface area contributed by atoms with Gasteiger partial charge in [-0.2, -0.15) is 0 Å². The van der Waals surface area contributed by atoms with E-state index in [0.717, 1.165) is 22.8 Å². The van der Waals surface area contributed by atoms with Gasteiger partial charge in [0, 0.05) is 29.7 Å². The molecule has 0 bridgehead atoms. The number of hydrogen-bond acceptors (Lipinski definition) is 4. The van der Waals surface area contributed by atoms with E-state index in [1.54, 1.807) is 11.3 Å². The molecule has 0 radical (unpaired) electrons. The summed E-state index contributed by atoms with van der Waals surface area (Å²) >= 11 is 1.67. The van der Waals surface area contributed by atoms with Crippen LogP contribution in [-0.4, -0.2) is 22.4 Å². The summed E-state index contributed by atoms with van der Waals surface area (Å²) in [4.78, 5) is 22.3. The number of aromatic nitrogens is 2. The van der Waals surface area contributed by atoms with Gasteiger partial charge in [0.2, 0.25) is 0 Å². The van der Waals surface area contributed by atoms with Gasteiger partial charge in [-0.3, -0.25) is 9.78 Å². The van der Waals surface area contributed by atoms with E-state index in [2.05, 4.69) is 29.1 Å². The van der Waals surface area contributed by atoms with Crippen molar-refractivity contribution in [1.29, 1.82) is 0 Å². The molecule has 112 valence electrons. The SMILES string of the molecule is Cc1ccc(C(=O)NCCc2ncc(C)s2)c(C(C)C)n1. The van der Waals surface area contributed by atoms with Gasteiger partial charge in [0.15, 0.2) is 0 Å². The average Bonchev–Trinajstić information content (AvgIpc) is 2.84. The topological polar surface area (TPSA) is 54.9 Å². The van der Waals surface area contributed by atoms with Crippen molar-refractivity contribution in [3.8, 4) is 0 Å². The van der Waals surface area contributed by atoms with E-state index in [-0.39, 0.29) is 11.8 Å². The zero-order valence-electron chi connectivity index (χ0n) is 12.9. The molecule has 0 aliphatic heterocycles. The van der Waals surface area contributed by atoms with Crippen molar-refractivity contribution < 1.29 is 4.79 Å². The van der Waals surface area contributed by atoms with E-state index < -0.39 is 0 Å². The Labute approximate surface area is 129 Å². The fourth-order valence-corrected chi connectivity index (χ4v) is 2.89. The van der Waals surface area contributed by atoms with Gasteiger partial charge >= 0.3 is 0 Å². The molecule has 0 aliphatic rings. The zero-order valence-corrected chi connectivity index (χ0v) is 13.8. The van der Waals surface area contributed by atoms with Gasteiger partial charge in [-0.15, -0.1) is 11.3 Å². The van der Waals surface area contributed by atoms with Crippen molar-refractivity contribution in [3.63, 3.8) is 0 Å². The molecule has 0 saturated carbocycles. The Morgan fingerprint density at radius 2 is 2.10 bits per heavy atom. The predicted octanol–water partition coefficient (Wildman–Crippen LogP) is 3.25. The van der Waals surface area contributed by atoms with E-state index in [0.29, 0.717) is 12.1 Å². The minimum atomic E-state index is -0.0560. The number of pyridine rings is 1. The molecule has 0 aliphatic carbocycles. The monoisotopic (exact) mass is 303 g/mol. The largest absolute Gasteiger partial charge is 0.352 e. The van der Waals surface area contributed by atoms with Crippen LogP contribution in [0.1, 0.15) is 51.4 Å². The molecule has 2 heterocycles. The maximum Gasteiger partial charge on any atom is 0.253 e. The van der Waals surface area contributed by atoms with Crippen LogP contribution in [0.2, 0.25) is 0 Å². The maximum atomic E-state index is 12.3. The molecule has 0 atom stereocenters. The molecular formula is C16H21N3OS. The van der Waals surface area contributed by atoms with Crippen LogP contribution >= 0.6 is 11.3 Å². The number of rotatable bonds is 5. The average molecular weight is 303 g/mol. The van der Waals surface area contributed by atoms with Crippen molar-refractivity contribution in [2.75, 3.05) is 6.54 Å². The lowest BCUT2D eigenvalue weighted by Gasteiger charge is -2.12. The second kappa shape index (κ2) is 6.80. The van der Waals surface area contributed by atoms with Crippen molar-refractivity contribution in [3.05, 3.63) is 45.2 Å². The van der Waals surface area contributed by atoms with Crippen molar-refractivity contribution in [2.24, 2.45) is 0 Å². The third-order valence-corrected chi connectivity index (χ3v) is 4.12. The van der Waals surface area contributed by atoms with Crippen LogP contribution in [0.15, 0.2) is 18.3 Å². The standard InChI is InChI=1S/C16H21N3OS/c1-10(2)15-13(6-5-11(3)19-15)16(20)17-8-7-14-18-9-12(4)21-14/h5-6,9-10H,7-8H2,1-4H3,(H,17,20). The minimum absolute atomic E-state index is 0.0560. The quantitative estimate of drug-likeness (QED) is 0.922. The lowest BCUT2D eigenvalue weighted by molar-refractivity contribution is 0.0952. The summed E-state index contributed by atoms with van der Waals surface area (Å²) < 4.78 is 0. The van der Waals surface area contributed by atoms with Crippen LogP contribution in [0.4, 0.5) is 0 Å². The summed E-state index contributed by atoms with van der Waals surface area (Å²) in [6, 6.07) is 3.74. The summed E-state index contributed by atoms with van der Waals surface area (Å²) in [7, 11) is 0. The predicted molar refractivity (Wildman–Crippen MR) is 86.0 cm³/mol. The Morgan fingerprint density at radius 1 is 1.33 bits per heavy atom. The number of thiazole rings is 1. The first-order valence-electron chi connectivity index (χ1n) is 7.14. The smallest absolute Gasteiger partial charge is 0.253 e. The molecule has 2 rings (SSSR count). The highest BCUT2D eigenvalue weighted by molar-refractivity contribution is 7.11. The first-order valence-corrected chi connectivity index (χ1v) is 7.96. The molecule has 1 amide bonds. The summed E-state index contributed by atoms with van der Waals surface area (Å²) in [5.74, 6) is 0.173. The number of nitrogens with one attached hydrogen (secondary N) is 1. The van der Waals surface area contributed by atoms with Gasteiger partial charge in [0.05, 0.1) is 16.3 Å². The van der Waals surface area contributed by atoms with E-state index in [4.69, 9.17) is 0 Å². The fourth-order valence-electron chi connectivity index (χ4n) is 2.10. The lowest BCUT2D eigenvalue weighted by Crippen LogP contribution is -2.27. The van der Waals surface area contributed by atoms with E-state index >= 15 is 0 Å². The number of carbonyl (C=O) groups excluding carboxylic acids is 1. The Hall–Kier alpha value is -1.75. The molecule has 21 heavy (non-hydrogen) atoms. The number of hydrogen-bond donors (Lipinski definition) is 1. The number of amides is 1. The van der Waals surface area contributed by atoms with Crippen LogP contribution in [0.3, 0.4) is 0 Å². The molecule has 0 spiro atoms. The third-order valence-electron chi connectivity index (χ3n) is 3.15. The summed E-state index contributed by atoms with van der Waals surface area (Å²) in [5, 5.41) is 4.01. The third kappa shape index (κ3) is 4.11. The van der Waals surface area contributed by atoms with Crippen molar-refractivity contribution in [1.82, 2.24) is 15.3 Å². The summed E-state index contributed by atoms with van der Waals surface area (Å²) in [5.41, 5.74) is 2.47. The Bertz CT molecular complexity index is 634. The van der Waals surface area contributed by atoms with E-state index in [9.17, 15) is 4.79 Å². The second-order valence-electron chi connectivity index (χ2n) is 5.41. The molecule has 0 fully saturated rings. The van der Waals surface area contributed by atoms with E-state index in [1.165, 1.54) is 4.88 Å².